The molecule has 0 bridgehead atoms. The van der Waals surface area contributed by atoms with Crippen LogP contribution in [0.3, 0.4) is 0 Å². The first-order chi connectivity index (χ1) is 11.8. The number of benzene rings is 2. The fourth-order valence-corrected chi connectivity index (χ4v) is 3.00. The van der Waals surface area contributed by atoms with E-state index in [1.165, 1.54) is 12.1 Å². The maximum Gasteiger partial charge on any atom is 0.238 e. The summed E-state index contributed by atoms with van der Waals surface area (Å²) in [6.45, 7) is 4.48. The number of primary sulfonamides is 1. The lowest BCUT2D eigenvalue weighted by Gasteiger charge is -2.18. The Bertz CT molecular complexity index is 819. The molecule has 0 aromatic heterocycles. The van der Waals surface area contributed by atoms with Crippen molar-refractivity contribution < 1.29 is 13.2 Å². The summed E-state index contributed by atoms with van der Waals surface area (Å²) in [5, 5.41) is 11.8. The Kier molecular flexibility index (Phi) is 6.35. The summed E-state index contributed by atoms with van der Waals surface area (Å²) in [4.78, 5) is 0.0820. The van der Waals surface area contributed by atoms with Crippen molar-refractivity contribution in [3.63, 3.8) is 0 Å². The summed E-state index contributed by atoms with van der Waals surface area (Å²) in [5.41, 5.74) is 1.74. The fraction of sp³-hybridized carbons (Fsp3) is 0.235. The molecule has 2 rings (SSSR count). The second kappa shape index (κ2) is 8.28. The summed E-state index contributed by atoms with van der Waals surface area (Å²) >= 11 is 5.31. The highest BCUT2D eigenvalue weighted by atomic mass is 32.2. The largest absolute Gasteiger partial charge is 0.494 e. The lowest BCUT2D eigenvalue weighted by Crippen LogP contribution is -2.30. The molecular weight excluding hydrogens is 358 g/mol. The number of ether oxygens (including phenoxy) is 1. The zero-order valence-corrected chi connectivity index (χ0v) is 15.7. The Labute approximate surface area is 153 Å². The van der Waals surface area contributed by atoms with Crippen molar-refractivity contribution in [1.29, 1.82) is 0 Å². The number of sulfonamides is 1. The Morgan fingerprint density at radius 3 is 2.28 bits per heavy atom. The topological polar surface area (TPSA) is 93.4 Å². The minimum atomic E-state index is -3.69. The van der Waals surface area contributed by atoms with Gasteiger partial charge in [0.25, 0.3) is 0 Å². The van der Waals surface area contributed by atoms with Gasteiger partial charge in [0.2, 0.25) is 10.0 Å². The molecule has 0 fully saturated rings. The molecule has 0 aliphatic carbocycles. The number of hydrogen-bond acceptors (Lipinski definition) is 4. The Morgan fingerprint density at radius 2 is 1.76 bits per heavy atom. The van der Waals surface area contributed by atoms with Crippen molar-refractivity contribution in [1.82, 2.24) is 5.32 Å². The highest BCUT2D eigenvalue weighted by molar-refractivity contribution is 7.89. The number of nitrogens with one attached hydrogen (secondary N) is 2. The Morgan fingerprint density at radius 1 is 1.16 bits per heavy atom. The normalized spacial score (nSPS) is 12.3. The third-order valence-electron chi connectivity index (χ3n) is 3.48. The van der Waals surface area contributed by atoms with Gasteiger partial charge in [0.15, 0.2) is 5.11 Å². The first kappa shape index (κ1) is 19.2. The zero-order chi connectivity index (χ0) is 18.4. The molecule has 0 saturated carbocycles. The highest BCUT2D eigenvalue weighted by Gasteiger charge is 2.11. The van der Waals surface area contributed by atoms with Gasteiger partial charge < -0.3 is 15.4 Å². The van der Waals surface area contributed by atoms with Crippen LogP contribution in [-0.2, 0) is 10.0 Å². The maximum absolute atomic E-state index is 11.3. The van der Waals surface area contributed by atoms with Crippen LogP contribution in [0.1, 0.15) is 25.5 Å². The van der Waals surface area contributed by atoms with E-state index in [2.05, 4.69) is 10.6 Å². The minimum Gasteiger partial charge on any atom is -0.494 e. The van der Waals surface area contributed by atoms with Gasteiger partial charge in [0.1, 0.15) is 5.75 Å². The van der Waals surface area contributed by atoms with Crippen LogP contribution < -0.4 is 20.5 Å². The average Bonchev–Trinajstić information content (AvgIpc) is 2.56. The molecule has 2 aromatic rings. The molecule has 0 aliphatic heterocycles. The second-order valence-electron chi connectivity index (χ2n) is 5.39. The van der Waals surface area contributed by atoms with E-state index in [1.54, 1.807) is 12.1 Å². The maximum atomic E-state index is 11.3. The van der Waals surface area contributed by atoms with E-state index in [0.29, 0.717) is 11.7 Å². The molecule has 8 heteroatoms. The molecule has 25 heavy (non-hydrogen) atoms. The van der Waals surface area contributed by atoms with Crippen LogP contribution in [-0.4, -0.2) is 20.1 Å². The van der Waals surface area contributed by atoms with E-state index in [0.717, 1.165) is 17.0 Å². The highest BCUT2D eigenvalue weighted by Crippen LogP contribution is 2.17. The van der Waals surface area contributed by atoms with E-state index in [9.17, 15) is 8.42 Å². The molecule has 0 unspecified atom stereocenters. The number of anilines is 1. The van der Waals surface area contributed by atoms with E-state index in [-0.39, 0.29) is 10.9 Å². The predicted molar refractivity (Wildman–Crippen MR) is 103 cm³/mol. The molecular formula is C17H21N3O3S2. The van der Waals surface area contributed by atoms with Gasteiger partial charge in [-0.15, -0.1) is 0 Å². The molecule has 0 radical (unpaired) electrons. The number of rotatable bonds is 6. The summed E-state index contributed by atoms with van der Waals surface area (Å²) in [6.07, 6.45) is 0. The molecule has 0 heterocycles. The van der Waals surface area contributed by atoms with Crippen LogP contribution in [0, 0.1) is 0 Å². The molecule has 4 N–H and O–H groups in total. The van der Waals surface area contributed by atoms with Gasteiger partial charge in [-0.2, -0.15) is 0 Å². The van der Waals surface area contributed by atoms with Gasteiger partial charge in [0.05, 0.1) is 17.5 Å². The van der Waals surface area contributed by atoms with Gasteiger partial charge >= 0.3 is 0 Å². The van der Waals surface area contributed by atoms with Crippen molar-refractivity contribution in [2.75, 3.05) is 11.9 Å². The van der Waals surface area contributed by atoms with Gasteiger partial charge in [-0.25, -0.2) is 13.6 Å². The third-order valence-corrected chi connectivity index (χ3v) is 4.63. The standard InChI is InChI=1S/C17H21N3O3S2/c1-3-23-15-8-6-14(7-9-15)20-17(24)19-12(2)13-4-10-16(11-5-13)25(18,21)22/h4-12H,3H2,1-2H3,(H2,18,21,22)(H2,19,20,24)/t12-/m0/s1. The van der Waals surface area contributed by atoms with Gasteiger partial charge in [-0.05, 0) is 68.0 Å². The quantitative estimate of drug-likeness (QED) is 0.668. The smallest absolute Gasteiger partial charge is 0.238 e. The van der Waals surface area contributed by atoms with Crippen LogP contribution in [0.2, 0.25) is 0 Å². The second-order valence-corrected chi connectivity index (χ2v) is 7.36. The van der Waals surface area contributed by atoms with E-state index < -0.39 is 10.0 Å². The Hall–Kier alpha value is -2.16. The fourth-order valence-electron chi connectivity index (χ4n) is 2.19. The molecule has 2 aromatic carbocycles. The minimum absolute atomic E-state index is 0.0820. The molecule has 6 nitrogen and oxygen atoms in total. The molecule has 0 spiro atoms. The van der Waals surface area contributed by atoms with Crippen molar-refractivity contribution >= 4 is 33.0 Å². The summed E-state index contributed by atoms with van der Waals surface area (Å²) in [5.74, 6) is 0.801. The summed E-state index contributed by atoms with van der Waals surface area (Å²) in [7, 11) is -3.69. The van der Waals surface area contributed by atoms with Crippen molar-refractivity contribution in [3.05, 3.63) is 54.1 Å². The predicted octanol–water partition coefficient (Wildman–Crippen LogP) is 2.78. The first-order valence-corrected chi connectivity index (χ1v) is 9.68. The molecule has 0 aliphatic rings. The molecule has 0 saturated heterocycles. The van der Waals surface area contributed by atoms with Gasteiger partial charge in [0, 0.05) is 5.69 Å². The van der Waals surface area contributed by atoms with Crippen molar-refractivity contribution in [2.24, 2.45) is 5.14 Å². The monoisotopic (exact) mass is 379 g/mol. The number of thiocarbonyl (C=S) groups is 1. The third kappa shape index (κ3) is 5.70. The van der Waals surface area contributed by atoms with Crippen LogP contribution >= 0.6 is 12.2 Å². The van der Waals surface area contributed by atoms with Crippen LogP contribution in [0.25, 0.3) is 0 Å². The number of nitrogens with two attached hydrogens (primary N) is 1. The number of hydrogen-bond donors (Lipinski definition) is 3. The van der Waals surface area contributed by atoms with Crippen LogP contribution in [0.15, 0.2) is 53.4 Å². The lowest BCUT2D eigenvalue weighted by atomic mass is 10.1. The van der Waals surface area contributed by atoms with Crippen LogP contribution in [0.5, 0.6) is 5.75 Å². The lowest BCUT2D eigenvalue weighted by molar-refractivity contribution is 0.340. The zero-order valence-electron chi connectivity index (χ0n) is 14.0. The van der Waals surface area contributed by atoms with Crippen LogP contribution in [0.4, 0.5) is 5.69 Å². The van der Waals surface area contributed by atoms with E-state index in [1.807, 2.05) is 38.1 Å². The van der Waals surface area contributed by atoms with E-state index >= 15 is 0 Å². The van der Waals surface area contributed by atoms with Crippen molar-refractivity contribution in [3.8, 4) is 5.75 Å². The van der Waals surface area contributed by atoms with Gasteiger partial charge in [-0.1, -0.05) is 12.1 Å². The van der Waals surface area contributed by atoms with E-state index in [4.69, 9.17) is 22.1 Å². The average molecular weight is 380 g/mol. The molecule has 0 amide bonds. The Balaban J connectivity index is 1.95. The SMILES string of the molecule is CCOc1ccc(NC(=S)N[C@@H](C)c2ccc(S(N)(=O)=O)cc2)cc1. The summed E-state index contributed by atoms with van der Waals surface area (Å²) < 4.78 is 28.0. The van der Waals surface area contributed by atoms with Crippen molar-refractivity contribution in [2.45, 2.75) is 24.8 Å². The summed E-state index contributed by atoms with van der Waals surface area (Å²) in [6, 6.07) is 13.8. The molecule has 134 valence electrons. The molecule has 1 atom stereocenters. The first-order valence-electron chi connectivity index (χ1n) is 7.72. The van der Waals surface area contributed by atoms with Gasteiger partial charge in [-0.3, -0.25) is 0 Å².